The van der Waals surface area contributed by atoms with Crippen LogP contribution in [0.25, 0.3) is 0 Å². The van der Waals surface area contributed by atoms with Crippen LogP contribution < -0.4 is 0 Å². The maximum atomic E-state index is 12.9. The first-order chi connectivity index (χ1) is 10.6. The predicted octanol–water partition coefficient (Wildman–Crippen LogP) is 3.49. The lowest BCUT2D eigenvalue weighted by molar-refractivity contribution is 0.0928. The van der Waals surface area contributed by atoms with Crippen LogP contribution in [0.3, 0.4) is 0 Å². The molecule has 1 atom stereocenters. The van der Waals surface area contributed by atoms with Gasteiger partial charge in [-0.15, -0.1) is 22.7 Å². The molecule has 1 fully saturated rings. The Kier molecular flexibility index (Phi) is 4.99. The van der Waals surface area contributed by atoms with Crippen LogP contribution in [0, 0.1) is 6.92 Å². The van der Waals surface area contributed by atoms with Crippen molar-refractivity contribution < 1.29 is 13.2 Å². The molecular formula is C15H19NO3S3. The second-order valence-corrected chi connectivity index (χ2v) is 9.86. The Hall–Kier alpha value is -0.730. The molecule has 120 valence electrons. The lowest BCUT2D eigenvalue weighted by Gasteiger charge is -2.23. The molecule has 0 aliphatic carbocycles. The SMILES string of the molecule is Cc1ccc(S(=O)(=O)N(Cc2cccs2)CC2CCCO2)s1. The van der Waals surface area contributed by atoms with Crippen LogP contribution in [-0.4, -0.2) is 32.0 Å². The van der Waals surface area contributed by atoms with Gasteiger partial charge in [-0.3, -0.25) is 0 Å². The highest BCUT2D eigenvalue weighted by Crippen LogP contribution is 2.28. The Morgan fingerprint density at radius 1 is 1.36 bits per heavy atom. The van der Waals surface area contributed by atoms with E-state index in [2.05, 4.69) is 0 Å². The quantitative estimate of drug-likeness (QED) is 0.795. The predicted molar refractivity (Wildman–Crippen MR) is 89.9 cm³/mol. The maximum Gasteiger partial charge on any atom is 0.252 e. The molecule has 0 amide bonds. The summed E-state index contributed by atoms with van der Waals surface area (Å²) in [5, 5.41) is 1.97. The molecule has 22 heavy (non-hydrogen) atoms. The average molecular weight is 358 g/mol. The maximum absolute atomic E-state index is 12.9. The fourth-order valence-electron chi connectivity index (χ4n) is 2.52. The Morgan fingerprint density at radius 3 is 2.82 bits per heavy atom. The highest BCUT2D eigenvalue weighted by molar-refractivity contribution is 7.91. The third-order valence-corrected chi connectivity index (χ3v) is 7.79. The fraction of sp³-hybridized carbons (Fsp3) is 0.467. The van der Waals surface area contributed by atoms with E-state index in [1.54, 1.807) is 21.7 Å². The minimum absolute atomic E-state index is 0.01000. The van der Waals surface area contributed by atoms with Crippen LogP contribution in [0.1, 0.15) is 22.6 Å². The van der Waals surface area contributed by atoms with Gasteiger partial charge in [-0.1, -0.05) is 6.07 Å². The summed E-state index contributed by atoms with van der Waals surface area (Å²) in [5.74, 6) is 0. The van der Waals surface area contributed by atoms with Gasteiger partial charge < -0.3 is 4.74 Å². The van der Waals surface area contributed by atoms with Gasteiger partial charge in [0.25, 0.3) is 10.0 Å². The van der Waals surface area contributed by atoms with Crippen LogP contribution >= 0.6 is 22.7 Å². The number of aryl methyl sites for hydroxylation is 1. The molecule has 0 N–H and O–H groups in total. The third-order valence-electron chi connectivity index (χ3n) is 3.65. The van der Waals surface area contributed by atoms with E-state index in [4.69, 9.17) is 4.74 Å². The monoisotopic (exact) mass is 357 g/mol. The summed E-state index contributed by atoms with van der Waals surface area (Å²) in [6, 6.07) is 7.48. The Labute approximate surface area is 139 Å². The van der Waals surface area contributed by atoms with E-state index in [1.165, 1.54) is 11.3 Å². The number of hydrogen-bond donors (Lipinski definition) is 0. The van der Waals surface area contributed by atoms with Gasteiger partial charge in [-0.25, -0.2) is 8.42 Å². The largest absolute Gasteiger partial charge is 0.377 e. The summed E-state index contributed by atoms with van der Waals surface area (Å²) in [4.78, 5) is 2.06. The summed E-state index contributed by atoms with van der Waals surface area (Å²) < 4.78 is 33.5. The van der Waals surface area contributed by atoms with Gasteiger partial charge in [0.2, 0.25) is 0 Å². The van der Waals surface area contributed by atoms with Crippen LogP contribution in [-0.2, 0) is 21.3 Å². The normalized spacial score (nSPS) is 19.1. The molecular weight excluding hydrogens is 338 g/mol. The number of rotatable bonds is 6. The van der Waals surface area contributed by atoms with E-state index in [0.29, 0.717) is 17.3 Å². The van der Waals surface area contributed by atoms with Gasteiger partial charge >= 0.3 is 0 Å². The van der Waals surface area contributed by atoms with Gasteiger partial charge in [0.1, 0.15) is 4.21 Å². The van der Waals surface area contributed by atoms with Crippen LogP contribution in [0.15, 0.2) is 33.9 Å². The topological polar surface area (TPSA) is 46.6 Å². The second kappa shape index (κ2) is 6.80. The molecule has 1 saturated heterocycles. The molecule has 4 nitrogen and oxygen atoms in total. The van der Waals surface area contributed by atoms with Crippen molar-refractivity contribution in [3.63, 3.8) is 0 Å². The number of nitrogens with zero attached hydrogens (tertiary/aromatic N) is 1. The molecule has 0 aromatic carbocycles. The van der Waals surface area contributed by atoms with Gasteiger partial charge in [-0.05, 0) is 43.3 Å². The van der Waals surface area contributed by atoms with Crippen molar-refractivity contribution in [2.45, 2.75) is 36.6 Å². The van der Waals surface area contributed by atoms with Crippen molar-refractivity contribution in [2.75, 3.05) is 13.2 Å². The van der Waals surface area contributed by atoms with Gasteiger partial charge in [0.05, 0.1) is 6.10 Å². The molecule has 0 spiro atoms. The summed E-state index contributed by atoms with van der Waals surface area (Å²) in [6.07, 6.45) is 1.95. The fourth-order valence-corrected chi connectivity index (χ4v) is 6.21. The van der Waals surface area contributed by atoms with E-state index in [1.807, 2.05) is 30.5 Å². The van der Waals surface area contributed by atoms with Gasteiger partial charge in [0, 0.05) is 29.5 Å². The number of ether oxygens (including phenoxy) is 1. The minimum Gasteiger partial charge on any atom is -0.377 e. The molecule has 0 radical (unpaired) electrons. The third kappa shape index (κ3) is 3.60. The molecule has 0 saturated carbocycles. The van der Waals surface area contributed by atoms with Crippen molar-refractivity contribution in [1.82, 2.24) is 4.31 Å². The zero-order chi connectivity index (χ0) is 15.6. The second-order valence-electron chi connectivity index (χ2n) is 5.38. The van der Waals surface area contributed by atoms with E-state index in [-0.39, 0.29) is 6.10 Å². The van der Waals surface area contributed by atoms with E-state index < -0.39 is 10.0 Å². The molecule has 3 heterocycles. The average Bonchev–Trinajstić information content (AvgIpc) is 3.19. The molecule has 1 aliphatic heterocycles. The Balaban J connectivity index is 1.85. The van der Waals surface area contributed by atoms with E-state index >= 15 is 0 Å². The summed E-state index contributed by atoms with van der Waals surface area (Å²) in [7, 11) is -3.47. The van der Waals surface area contributed by atoms with Crippen LogP contribution in [0.4, 0.5) is 0 Å². The van der Waals surface area contributed by atoms with E-state index in [0.717, 1.165) is 29.2 Å². The first-order valence-electron chi connectivity index (χ1n) is 7.26. The van der Waals surface area contributed by atoms with Crippen molar-refractivity contribution in [3.05, 3.63) is 39.4 Å². The molecule has 2 aromatic rings. The van der Waals surface area contributed by atoms with Gasteiger partial charge in [-0.2, -0.15) is 4.31 Å². The van der Waals surface area contributed by atoms with Crippen molar-refractivity contribution in [1.29, 1.82) is 0 Å². The van der Waals surface area contributed by atoms with Crippen LogP contribution in [0.2, 0.25) is 0 Å². The zero-order valence-corrected chi connectivity index (χ0v) is 14.8. The zero-order valence-electron chi connectivity index (χ0n) is 12.4. The van der Waals surface area contributed by atoms with Crippen molar-refractivity contribution in [2.24, 2.45) is 0 Å². The minimum atomic E-state index is -3.47. The molecule has 0 bridgehead atoms. The first kappa shape index (κ1) is 16.1. The van der Waals surface area contributed by atoms with Crippen LogP contribution in [0.5, 0.6) is 0 Å². The number of sulfonamides is 1. The molecule has 1 unspecified atom stereocenters. The summed E-state index contributed by atoms with van der Waals surface area (Å²) in [6.45, 7) is 3.50. The lowest BCUT2D eigenvalue weighted by atomic mass is 10.2. The molecule has 2 aromatic heterocycles. The van der Waals surface area contributed by atoms with E-state index in [9.17, 15) is 8.42 Å². The van der Waals surface area contributed by atoms with Gasteiger partial charge in [0.15, 0.2) is 0 Å². The first-order valence-corrected chi connectivity index (χ1v) is 10.4. The number of thiophene rings is 2. The number of hydrogen-bond acceptors (Lipinski definition) is 5. The molecule has 3 rings (SSSR count). The smallest absolute Gasteiger partial charge is 0.252 e. The highest BCUT2D eigenvalue weighted by Gasteiger charge is 2.30. The summed E-state index contributed by atoms with van der Waals surface area (Å²) >= 11 is 2.91. The Bertz CT molecular complexity index is 700. The highest BCUT2D eigenvalue weighted by atomic mass is 32.2. The lowest BCUT2D eigenvalue weighted by Crippen LogP contribution is -2.36. The van der Waals surface area contributed by atoms with Crippen molar-refractivity contribution >= 4 is 32.7 Å². The molecule has 7 heteroatoms. The Morgan fingerprint density at radius 2 is 2.23 bits per heavy atom. The standard InChI is InChI=1S/C15H19NO3S3/c1-12-6-7-15(21-12)22(17,18)16(10-13-4-2-8-19-13)11-14-5-3-9-20-14/h3,5-7,9,13H,2,4,8,10-11H2,1H3. The molecule has 1 aliphatic rings. The van der Waals surface area contributed by atoms with Crippen molar-refractivity contribution in [3.8, 4) is 0 Å². The summed E-state index contributed by atoms with van der Waals surface area (Å²) in [5.41, 5.74) is 0.